The number of carbonyl (C=O) groups excluding carboxylic acids is 1. The summed E-state index contributed by atoms with van der Waals surface area (Å²) in [4.78, 5) is 30.0. The van der Waals surface area contributed by atoms with E-state index in [-0.39, 0.29) is 31.2 Å². The minimum atomic E-state index is -0.305. The summed E-state index contributed by atoms with van der Waals surface area (Å²) in [6.45, 7) is 2.24. The average molecular weight is 477 g/mol. The fourth-order valence-corrected chi connectivity index (χ4v) is 4.34. The number of nitrogens with one attached hydrogen (secondary N) is 1. The van der Waals surface area contributed by atoms with Crippen LogP contribution in [0.15, 0.2) is 71.5 Å². The van der Waals surface area contributed by atoms with Crippen molar-refractivity contribution in [1.29, 1.82) is 0 Å². The second-order valence-corrected chi connectivity index (χ2v) is 8.37. The number of benzene rings is 2. The first-order chi connectivity index (χ1) is 16.5. The number of aromatic nitrogens is 3. The summed E-state index contributed by atoms with van der Waals surface area (Å²) in [6, 6.07) is 20.2. The van der Waals surface area contributed by atoms with Crippen LogP contribution in [0.2, 0.25) is 0 Å². The molecule has 0 saturated carbocycles. The van der Waals surface area contributed by atoms with Crippen molar-refractivity contribution in [2.75, 3.05) is 20.3 Å². The summed E-state index contributed by atoms with van der Waals surface area (Å²) in [7, 11) is 1.54. The molecule has 1 N–H and O–H groups in total. The standard InChI is InChI=1S/C25H24N4O4S/c1-17-24(34-25(27-17)18-8-4-3-5-9-18)19-12-13-23(31)29(28-19)15-14-26-22(30)16-33-21-11-7-6-10-20(21)32-2/h3-13H,14-16H2,1-2H3,(H,26,30). The number of hydrogen-bond acceptors (Lipinski definition) is 7. The van der Waals surface area contributed by atoms with Crippen molar-refractivity contribution in [1.82, 2.24) is 20.1 Å². The average Bonchev–Trinajstić information content (AvgIpc) is 3.26. The molecule has 2 aromatic carbocycles. The molecule has 4 aromatic rings. The van der Waals surface area contributed by atoms with Gasteiger partial charge in [0.15, 0.2) is 18.1 Å². The molecule has 8 nitrogen and oxygen atoms in total. The number of aryl methyl sites for hydroxylation is 1. The van der Waals surface area contributed by atoms with Crippen LogP contribution in [0.1, 0.15) is 5.69 Å². The van der Waals surface area contributed by atoms with Gasteiger partial charge in [-0.15, -0.1) is 11.3 Å². The second kappa shape index (κ2) is 10.8. The first-order valence-corrected chi connectivity index (χ1v) is 11.5. The Morgan fingerprint density at radius 2 is 1.76 bits per heavy atom. The normalized spacial score (nSPS) is 10.6. The van der Waals surface area contributed by atoms with Gasteiger partial charge in [0.05, 0.1) is 24.2 Å². The summed E-state index contributed by atoms with van der Waals surface area (Å²) in [5.74, 6) is 0.734. The zero-order chi connectivity index (χ0) is 23.9. The minimum Gasteiger partial charge on any atom is -0.493 e. The van der Waals surface area contributed by atoms with Crippen molar-refractivity contribution in [3.05, 3.63) is 82.8 Å². The maximum atomic E-state index is 12.3. The van der Waals surface area contributed by atoms with Crippen LogP contribution in [-0.2, 0) is 11.3 Å². The van der Waals surface area contributed by atoms with E-state index in [1.807, 2.05) is 43.3 Å². The number of carbonyl (C=O) groups is 1. The van der Waals surface area contributed by atoms with E-state index in [0.29, 0.717) is 17.2 Å². The van der Waals surface area contributed by atoms with E-state index < -0.39 is 0 Å². The first-order valence-electron chi connectivity index (χ1n) is 10.7. The Morgan fingerprint density at radius 1 is 1.03 bits per heavy atom. The third-order valence-corrected chi connectivity index (χ3v) is 6.22. The van der Waals surface area contributed by atoms with Gasteiger partial charge in [0.25, 0.3) is 11.5 Å². The summed E-state index contributed by atoms with van der Waals surface area (Å²) >= 11 is 1.53. The van der Waals surface area contributed by atoms with E-state index >= 15 is 0 Å². The van der Waals surface area contributed by atoms with Gasteiger partial charge >= 0.3 is 0 Å². The van der Waals surface area contributed by atoms with Gasteiger partial charge in [-0.1, -0.05) is 42.5 Å². The largest absolute Gasteiger partial charge is 0.493 e. The maximum absolute atomic E-state index is 12.3. The number of amides is 1. The Balaban J connectivity index is 1.38. The van der Waals surface area contributed by atoms with E-state index in [0.717, 1.165) is 21.1 Å². The molecule has 0 saturated heterocycles. The Morgan fingerprint density at radius 3 is 2.53 bits per heavy atom. The molecule has 2 aromatic heterocycles. The highest BCUT2D eigenvalue weighted by atomic mass is 32.1. The van der Waals surface area contributed by atoms with Crippen LogP contribution >= 0.6 is 11.3 Å². The minimum absolute atomic E-state index is 0.162. The van der Waals surface area contributed by atoms with Gasteiger partial charge in [-0.05, 0) is 25.1 Å². The smallest absolute Gasteiger partial charge is 0.266 e. The summed E-state index contributed by atoms with van der Waals surface area (Å²) in [5, 5.41) is 8.15. The summed E-state index contributed by atoms with van der Waals surface area (Å²) in [5.41, 5.74) is 2.31. The molecule has 2 heterocycles. The molecular weight excluding hydrogens is 452 g/mol. The van der Waals surface area contributed by atoms with Gasteiger partial charge in [-0.25, -0.2) is 9.67 Å². The molecule has 0 aliphatic rings. The monoisotopic (exact) mass is 476 g/mol. The lowest BCUT2D eigenvalue weighted by Crippen LogP contribution is -2.34. The third-order valence-electron chi connectivity index (χ3n) is 4.99. The second-order valence-electron chi connectivity index (χ2n) is 7.37. The number of rotatable bonds is 9. The van der Waals surface area contributed by atoms with Gasteiger partial charge in [0.1, 0.15) is 10.7 Å². The summed E-state index contributed by atoms with van der Waals surface area (Å²) < 4.78 is 12.1. The number of hydrogen-bond donors (Lipinski definition) is 1. The molecule has 9 heteroatoms. The van der Waals surface area contributed by atoms with E-state index in [1.54, 1.807) is 24.3 Å². The van der Waals surface area contributed by atoms with E-state index in [9.17, 15) is 9.59 Å². The van der Waals surface area contributed by atoms with E-state index in [2.05, 4.69) is 15.4 Å². The molecule has 0 aliphatic carbocycles. The van der Waals surface area contributed by atoms with Crippen LogP contribution in [0, 0.1) is 6.92 Å². The van der Waals surface area contributed by atoms with Crippen molar-refractivity contribution < 1.29 is 14.3 Å². The van der Waals surface area contributed by atoms with Crippen LogP contribution in [0.5, 0.6) is 11.5 Å². The quantitative estimate of drug-likeness (QED) is 0.397. The number of methoxy groups -OCH3 is 1. The van der Waals surface area contributed by atoms with E-state index in [1.165, 1.54) is 29.2 Å². The fourth-order valence-electron chi connectivity index (χ4n) is 3.30. The van der Waals surface area contributed by atoms with Crippen molar-refractivity contribution >= 4 is 17.2 Å². The van der Waals surface area contributed by atoms with Crippen LogP contribution < -0.4 is 20.3 Å². The predicted molar refractivity (Wildman–Crippen MR) is 131 cm³/mol. The highest BCUT2D eigenvalue weighted by molar-refractivity contribution is 7.18. The molecule has 34 heavy (non-hydrogen) atoms. The van der Waals surface area contributed by atoms with Crippen LogP contribution in [0.4, 0.5) is 0 Å². The lowest BCUT2D eigenvalue weighted by molar-refractivity contribution is -0.123. The molecule has 0 radical (unpaired) electrons. The molecular formula is C25H24N4O4S. The third kappa shape index (κ3) is 5.49. The summed E-state index contributed by atoms with van der Waals surface area (Å²) in [6.07, 6.45) is 0. The van der Waals surface area contributed by atoms with Crippen LogP contribution in [0.3, 0.4) is 0 Å². The van der Waals surface area contributed by atoms with Crippen molar-refractivity contribution in [3.8, 4) is 32.6 Å². The molecule has 0 aliphatic heterocycles. The number of ether oxygens (including phenoxy) is 2. The first kappa shape index (κ1) is 23.2. The predicted octanol–water partition coefficient (Wildman–Crippen LogP) is 3.55. The number of para-hydroxylation sites is 2. The maximum Gasteiger partial charge on any atom is 0.266 e. The van der Waals surface area contributed by atoms with Crippen LogP contribution in [-0.4, -0.2) is 40.9 Å². The Hall–Kier alpha value is -3.98. The van der Waals surface area contributed by atoms with Gasteiger partial charge in [0, 0.05) is 18.2 Å². The van der Waals surface area contributed by atoms with Crippen molar-refractivity contribution in [3.63, 3.8) is 0 Å². The topological polar surface area (TPSA) is 95.3 Å². The fraction of sp³-hybridized carbons (Fsp3) is 0.200. The zero-order valence-corrected chi connectivity index (χ0v) is 19.7. The lowest BCUT2D eigenvalue weighted by atomic mass is 10.2. The van der Waals surface area contributed by atoms with Gasteiger partial charge in [0.2, 0.25) is 0 Å². The van der Waals surface area contributed by atoms with Crippen LogP contribution in [0.25, 0.3) is 21.1 Å². The highest BCUT2D eigenvalue weighted by Gasteiger charge is 2.14. The lowest BCUT2D eigenvalue weighted by Gasteiger charge is -2.11. The zero-order valence-electron chi connectivity index (χ0n) is 18.9. The number of thiazole rings is 1. The van der Waals surface area contributed by atoms with E-state index in [4.69, 9.17) is 9.47 Å². The molecule has 1 amide bonds. The van der Waals surface area contributed by atoms with Gasteiger partial charge < -0.3 is 14.8 Å². The molecule has 0 fully saturated rings. The Bertz CT molecular complexity index is 1330. The van der Waals surface area contributed by atoms with Gasteiger partial charge in [-0.2, -0.15) is 5.10 Å². The molecule has 0 bridgehead atoms. The molecule has 174 valence electrons. The molecule has 0 spiro atoms. The van der Waals surface area contributed by atoms with Crippen molar-refractivity contribution in [2.24, 2.45) is 0 Å². The van der Waals surface area contributed by atoms with Gasteiger partial charge in [-0.3, -0.25) is 9.59 Å². The SMILES string of the molecule is COc1ccccc1OCC(=O)NCCn1nc(-c2sc(-c3ccccc3)nc2C)ccc1=O. The number of nitrogens with zero attached hydrogens (tertiary/aromatic N) is 3. The van der Waals surface area contributed by atoms with Crippen molar-refractivity contribution in [2.45, 2.75) is 13.5 Å². The Kier molecular flexibility index (Phi) is 7.34. The molecule has 4 rings (SSSR count). The Labute approximate surface area is 200 Å². The molecule has 0 atom stereocenters. The highest BCUT2D eigenvalue weighted by Crippen LogP contribution is 2.33. The molecule has 0 unspecified atom stereocenters.